The van der Waals surface area contributed by atoms with E-state index in [9.17, 15) is 18.3 Å². The standard InChI is InChI=1S/C10H5F3N2O/c11-10(12,13)8-6(3-4-14)1-2-7(5-15)9(8)16/h1-2,16H,3H2. The summed E-state index contributed by atoms with van der Waals surface area (Å²) in [6.07, 6.45) is -5.27. The molecule has 1 N–H and O–H groups in total. The molecule has 0 saturated heterocycles. The van der Waals surface area contributed by atoms with Crippen molar-refractivity contribution in [2.75, 3.05) is 0 Å². The summed E-state index contributed by atoms with van der Waals surface area (Å²) >= 11 is 0. The predicted molar refractivity (Wildman–Crippen MR) is 47.1 cm³/mol. The Morgan fingerprint density at radius 1 is 1.25 bits per heavy atom. The quantitative estimate of drug-likeness (QED) is 0.799. The fourth-order valence-corrected chi connectivity index (χ4v) is 1.27. The molecular weight excluding hydrogens is 221 g/mol. The maximum absolute atomic E-state index is 12.6. The third-order valence-electron chi connectivity index (χ3n) is 1.94. The molecule has 0 saturated carbocycles. The molecule has 0 aliphatic carbocycles. The second-order valence-electron chi connectivity index (χ2n) is 2.94. The summed E-state index contributed by atoms with van der Waals surface area (Å²) in [6.45, 7) is 0. The van der Waals surface area contributed by atoms with Crippen LogP contribution in [-0.2, 0) is 12.6 Å². The van der Waals surface area contributed by atoms with Gasteiger partial charge in [-0.2, -0.15) is 23.7 Å². The van der Waals surface area contributed by atoms with E-state index in [1.165, 1.54) is 6.07 Å². The molecular formula is C10H5F3N2O. The van der Waals surface area contributed by atoms with Crippen LogP contribution in [0.25, 0.3) is 0 Å². The number of phenols is 1. The van der Waals surface area contributed by atoms with E-state index in [0.29, 0.717) is 0 Å². The molecule has 0 amide bonds. The highest BCUT2D eigenvalue weighted by atomic mass is 19.4. The van der Waals surface area contributed by atoms with Gasteiger partial charge in [-0.15, -0.1) is 0 Å². The van der Waals surface area contributed by atoms with Crippen molar-refractivity contribution in [2.45, 2.75) is 12.6 Å². The molecule has 3 nitrogen and oxygen atoms in total. The molecule has 0 spiro atoms. The van der Waals surface area contributed by atoms with Gasteiger partial charge in [-0.25, -0.2) is 0 Å². The van der Waals surface area contributed by atoms with Crippen molar-refractivity contribution in [1.29, 1.82) is 10.5 Å². The van der Waals surface area contributed by atoms with Crippen LogP contribution in [0, 0.1) is 22.7 Å². The van der Waals surface area contributed by atoms with Crippen LogP contribution in [-0.4, -0.2) is 5.11 Å². The zero-order valence-corrected chi connectivity index (χ0v) is 7.84. The highest BCUT2D eigenvalue weighted by Gasteiger charge is 2.37. The molecule has 0 unspecified atom stereocenters. The number of benzene rings is 1. The van der Waals surface area contributed by atoms with E-state index in [4.69, 9.17) is 10.5 Å². The molecule has 0 radical (unpaired) electrons. The summed E-state index contributed by atoms with van der Waals surface area (Å²) in [5.74, 6) is -1.12. The number of nitrogens with zero attached hydrogens (tertiary/aromatic N) is 2. The summed E-state index contributed by atoms with van der Waals surface area (Å²) in [5.41, 5.74) is -2.12. The molecule has 0 bridgehead atoms. The Morgan fingerprint density at radius 3 is 2.31 bits per heavy atom. The lowest BCUT2D eigenvalue weighted by Crippen LogP contribution is -2.10. The molecule has 0 atom stereocenters. The fourth-order valence-electron chi connectivity index (χ4n) is 1.27. The van der Waals surface area contributed by atoms with Crippen molar-refractivity contribution >= 4 is 0 Å². The number of nitriles is 2. The summed E-state index contributed by atoms with van der Waals surface area (Å²) < 4.78 is 37.7. The van der Waals surface area contributed by atoms with E-state index in [1.54, 1.807) is 6.07 Å². The largest absolute Gasteiger partial charge is 0.506 e. The maximum atomic E-state index is 12.6. The Balaban J connectivity index is 3.52. The molecule has 0 aliphatic heterocycles. The van der Waals surface area contributed by atoms with Crippen molar-refractivity contribution in [2.24, 2.45) is 0 Å². The first-order valence-electron chi connectivity index (χ1n) is 4.11. The van der Waals surface area contributed by atoms with Gasteiger partial charge in [-0.05, 0) is 11.6 Å². The number of aromatic hydroxyl groups is 1. The first-order chi connectivity index (χ1) is 7.41. The minimum atomic E-state index is -4.79. The molecule has 6 heteroatoms. The monoisotopic (exact) mass is 226 g/mol. The molecule has 0 aliphatic rings. The van der Waals surface area contributed by atoms with Crippen molar-refractivity contribution in [3.8, 4) is 17.9 Å². The van der Waals surface area contributed by atoms with Crippen LogP contribution in [0.15, 0.2) is 12.1 Å². The third kappa shape index (κ3) is 2.06. The van der Waals surface area contributed by atoms with E-state index in [1.807, 2.05) is 0 Å². The summed E-state index contributed by atoms with van der Waals surface area (Å²) in [7, 11) is 0. The van der Waals surface area contributed by atoms with Crippen LogP contribution in [0.3, 0.4) is 0 Å². The minimum Gasteiger partial charge on any atom is -0.506 e. The van der Waals surface area contributed by atoms with Gasteiger partial charge in [0, 0.05) is 0 Å². The molecule has 16 heavy (non-hydrogen) atoms. The first-order valence-corrected chi connectivity index (χ1v) is 4.11. The summed E-state index contributed by atoms with van der Waals surface area (Å²) in [4.78, 5) is 0. The number of rotatable bonds is 1. The Kier molecular flexibility index (Phi) is 3.05. The van der Waals surface area contributed by atoms with Crippen LogP contribution in [0.2, 0.25) is 0 Å². The lowest BCUT2D eigenvalue weighted by atomic mass is 10.00. The molecule has 0 heterocycles. The fraction of sp³-hybridized carbons (Fsp3) is 0.200. The SMILES string of the molecule is N#CCc1ccc(C#N)c(O)c1C(F)(F)F. The van der Waals surface area contributed by atoms with Gasteiger partial charge >= 0.3 is 6.18 Å². The molecule has 0 aromatic heterocycles. The van der Waals surface area contributed by atoms with Crippen LogP contribution < -0.4 is 0 Å². The van der Waals surface area contributed by atoms with E-state index in [0.717, 1.165) is 12.1 Å². The van der Waals surface area contributed by atoms with E-state index in [-0.39, 0.29) is 5.56 Å². The van der Waals surface area contributed by atoms with Crippen LogP contribution in [0.5, 0.6) is 5.75 Å². The van der Waals surface area contributed by atoms with E-state index in [2.05, 4.69) is 0 Å². The first kappa shape index (κ1) is 11.9. The Hall–Kier alpha value is -2.21. The Bertz CT molecular complexity index is 495. The highest BCUT2D eigenvalue weighted by Crippen LogP contribution is 2.40. The smallest absolute Gasteiger partial charge is 0.420 e. The second kappa shape index (κ2) is 4.11. The van der Waals surface area contributed by atoms with Gasteiger partial charge in [-0.1, -0.05) is 6.07 Å². The Labute approximate surface area is 89.0 Å². The van der Waals surface area contributed by atoms with Crippen LogP contribution >= 0.6 is 0 Å². The van der Waals surface area contributed by atoms with Gasteiger partial charge in [0.15, 0.2) is 0 Å². The van der Waals surface area contributed by atoms with Crippen molar-refractivity contribution in [3.05, 3.63) is 28.8 Å². The molecule has 1 aromatic carbocycles. The topological polar surface area (TPSA) is 67.8 Å². The third-order valence-corrected chi connectivity index (χ3v) is 1.94. The number of hydrogen-bond acceptors (Lipinski definition) is 3. The van der Waals surface area contributed by atoms with Gasteiger partial charge in [-0.3, -0.25) is 0 Å². The van der Waals surface area contributed by atoms with Crippen LogP contribution in [0.1, 0.15) is 16.7 Å². The summed E-state index contributed by atoms with van der Waals surface area (Å²) in [5, 5.41) is 26.1. The molecule has 0 fully saturated rings. The van der Waals surface area contributed by atoms with Gasteiger partial charge in [0.1, 0.15) is 17.4 Å². The normalized spacial score (nSPS) is 10.6. The second-order valence-corrected chi connectivity index (χ2v) is 2.94. The van der Waals surface area contributed by atoms with E-state index >= 15 is 0 Å². The molecule has 1 aromatic rings. The highest BCUT2D eigenvalue weighted by molar-refractivity contribution is 5.53. The number of hydrogen-bond donors (Lipinski definition) is 1. The predicted octanol–water partition coefficient (Wildman–Crippen LogP) is 2.35. The zero-order chi connectivity index (χ0) is 12.3. The van der Waals surface area contributed by atoms with Gasteiger partial charge in [0.25, 0.3) is 0 Å². The van der Waals surface area contributed by atoms with E-state index < -0.39 is 29.5 Å². The zero-order valence-electron chi connectivity index (χ0n) is 7.84. The number of halogens is 3. The maximum Gasteiger partial charge on any atom is 0.420 e. The average molecular weight is 226 g/mol. The minimum absolute atomic E-state index is 0.341. The van der Waals surface area contributed by atoms with Gasteiger partial charge < -0.3 is 5.11 Å². The number of phenolic OH excluding ortho intramolecular Hbond substituents is 1. The summed E-state index contributed by atoms with van der Waals surface area (Å²) in [6, 6.07) is 5.08. The average Bonchev–Trinajstić information content (AvgIpc) is 2.16. The van der Waals surface area contributed by atoms with Crippen LogP contribution in [0.4, 0.5) is 13.2 Å². The lowest BCUT2D eigenvalue weighted by molar-refractivity contribution is -0.139. The van der Waals surface area contributed by atoms with Gasteiger partial charge in [0.05, 0.1) is 18.1 Å². The molecule has 82 valence electrons. The van der Waals surface area contributed by atoms with Gasteiger partial charge in [0.2, 0.25) is 0 Å². The lowest BCUT2D eigenvalue weighted by Gasteiger charge is -2.13. The molecule has 1 rings (SSSR count). The Morgan fingerprint density at radius 2 is 1.88 bits per heavy atom. The van der Waals surface area contributed by atoms with Crippen molar-refractivity contribution in [1.82, 2.24) is 0 Å². The van der Waals surface area contributed by atoms with Crippen molar-refractivity contribution < 1.29 is 18.3 Å². The van der Waals surface area contributed by atoms with Crippen molar-refractivity contribution in [3.63, 3.8) is 0 Å². The number of alkyl halides is 3.